The second kappa shape index (κ2) is 10.9. The summed E-state index contributed by atoms with van der Waals surface area (Å²) >= 11 is 6.37. The van der Waals surface area contributed by atoms with Crippen molar-refractivity contribution in [3.63, 3.8) is 0 Å². The number of nitrogens with zero attached hydrogens (tertiary/aromatic N) is 5. The number of rotatable bonds is 8. The fraction of sp³-hybridized carbons (Fsp3) is 0.536. The van der Waals surface area contributed by atoms with Crippen molar-refractivity contribution < 1.29 is 9.47 Å². The fourth-order valence-corrected chi connectivity index (χ4v) is 5.88. The molecule has 0 saturated carbocycles. The standard InChI is InChI=1S/C28H38ClN5O2/c1-20-23(29)8-5-9-25(20)33-15-13-32(14-16-33)12-10-24-22-17-27(35-3)28(36-4)18-26(22)34(30-24)19-21-7-6-11-31(21)2/h5,8-9,17-18,21H,6-7,10-16,19H2,1-4H3. The molecule has 1 aromatic heterocycles. The molecule has 7 nitrogen and oxygen atoms in total. The van der Waals surface area contributed by atoms with Gasteiger partial charge in [-0.15, -0.1) is 0 Å². The summed E-state index contributed by atoms with van der Waals surface area (Å²) in [7, 11) is 5.61. The topological polar surface area (TPSA) is 46.0 Å². The first kappa shape index (κ1) is 25.2. The van der Waals surface area contributed by atoms with E-state index in [4.69, 9.17) is 26.2 Å². The van der Waals surface area contributed by atoms with Crippen LogP contribution in [0.4, 0.5) is 5.69 Å². The maximum Gasteiger partial charge on any atom is 0.162 e. The molecule has 194 valence electrons. The minimum Gasteiger partial charge on any atom is -0.493 e. The highest BCUT2D eigenvalue weighted by atomic mass is 35.5. The van der Waals surface area contributed by atoms with Crippen LogP contribution in [0.5, 0.6) is 11.5 Å². The Balaban J connectivity index is 1.31. The highest BCUT2D eigenvalue weighted by Gasteiger charge is 2.25. The van der Waals surface area contributed by atoms with Gasteiger partial charge in [0.15, 0.2) is 11.5 Å². The van der Waals surface area contributed by atoms with Crippen molar-refractivity contribution >= 4 is 28.2 Å². The molecular weight excluding hydrogens is 474 g/mol. The molecule has 2 fully saturated rings. The lowest BCUT2D eigenvalue weighted by molar-refractivity contribution is 0.259. The van der Waals surface area contributed by atoms with Crippen LogP contribution in [0.2, 0.25) is 5.02 Å². The van der Waals surface area contributed by atoms with Gasteiger partial charge in [0.2, 0.25) is 0 Å². The summed E-state index contributed by atoms with van der Waals surface area (Å²) in [4.78, 5) is 7.46. The Morgan fingerprint density at radius 2 is 1.78 bits per heavy atom. The summed E-state index contributed by atoms with van der Waals surface area (Å²) in [5.41, 5.74) is 4.69. The van der Waals surface area contributed by atoms with Gasteiger partial charge < -0.3 is 19.3 Å². The molecule has 3 aromatic rings. The molecule has 2 aliphatic rings. The van der Waals surface area contributed by atoms with E-state index in [0.29, 0.717) is 6.04 Å². The number of fused-ring (bicyclic) bond motifs is 1. The van der Waals surface area contributed by atoms with Crippen molar-refractivity contribution in [1.29, 1.82) is 0 Å². The molecule has 1 unspecified atom stereocenters. The minimum absolute atomic E-state index is 0.525. The molecule has 2 aromatic carbocycles. The predicted octanol–water partition coefficient (Wildman–Crippen LogP) is 4.47. The van der Waals surface area contributed by atoms with Gasteiger partial charge in [-0.3, -0.25) is 9.58 Å². The van der Waals surface area contributed by atoms with E-state index in [0.717, 1.165) is 80.0 Å². The maximum absolute atomic E-state index is 6.37. The molecule has 0 aliphatic carbocycles. The quantitative estimate of drug-likeness (QED) is 0.444. The van der Waals surface area contributed by atoms with E-state index in [1.807, 2.05) is 12.1 Å². The van der Waals surface area contributed by atoms with Gasteiger partial charge in [-0.05, 0) is 57.1 Å². The molecule has 2 aliphatic heterocycles. The first-order valence-electron chi connectivity index (χ1n) is 13.0. The molecule has 5 rings (SSSR count). The molecule has 0 bridgehead atoms. The van der Waals surface area contributed by atoms with Gasteiger partial charge in [-0.1, -0.05) is 17.7 Å². The van der Waals surface area contributed by atoms with Gasteiger partial charge in [0.05, 0.1) is 32.0 Å². The average molecular weight is 512 g/mol. The summed E-state index contributed by atoms with van der Waals surface area (Å²) in [6.45, 7) is 9.26. The molecule has 36 heavy (non-hydrogen) atoms. The number of halogens is 1. The molecule has 0 N–H and O–H groups in total. The maximum atomic E-state index is 6.37. The van der Waals surface area contributed by atoms with E-state index in [9.17, 15) is 0 Å². The van der Waals surface area contributed by atoms with Crippen molar-refractivity contribution in [2.75, 3.05) is 65.4 Å². The number of aromatic nitrogens is 2. The normalized spacial score (nSPS) is 19.4. The summed E-state index contributed by atoms with van der Waals surface area (Å²) in [5, 5.41) is 7.14. The van der Waals surface area contributed by atoms with E-state index >= 15 is 0 Å². The second-order valence-electron chi connectivity index (χ2n) is 10.1. The van der Waals surface area contributed by atoms with Crippen molar-refractivity contribution in [1.82, 2.24) is 19.6 Å². The Hall–Kier alpha value is -2.48. The zero-order chi connectivity index (χ0) is 25.2. The Morgan fingerprint density at radius 3 is 2.47 bits per heavy atom. The Morgan fingerprint density at radius 1 is 1.03 bits per heavy atom. The van der Waals surface area contributed by atoms with Crippen LogP contribution in [0.1, 0.15) is 24.1 Å². The summed E-state index contributed by atoms with van der Waals surface area (Å²) in [5.74, 6) is 1.51. The predicted molar refractivity (Wildman–Crippen MR) is 147 cm³/mol. The van der Waals surface area contributed by atoms with Crippen LogP contribution in [0, 0.1) is 6.92 Å². The number of ether oxygens (including phenoxy) is 2. The molecule has 2 saturated heterocycles. The molecule has 0 amide bonds. The number of benzene rings is 2. The lowest BCUT2D eigenvalue weighted by Gasteiger charge is -2.36. The van der Waals surface area contributed by atoms with Crippen LogP contribution >= 0.6 is 11.6 Å². The summed E-state index contributed by atoms with van der Waals surface area (Å²) in [6.07, 6.45) is 3.39. The monoisotopic (exact) mass is 511 g/mol. The van der Waals surface area contributed by atoms with Gasteiger partial charge in [0.25, 0.3) is 0 Å². The van der Waals surface area contributed by atoms with Crippen LogP contribution < -0.4 is 14.4 Å². The van der Waals surface area contributed by atoms with Crippen molar-refractivity contribution in [2.24, 2.45) is 0 Å². The van der Waals surface area contributed by atoms with Crippen LogP contribution in [0.15, 0.2) is 30.3 Å². The SMILES string of the molecule is COc1cc2c(CCN3CCN(c4cccc(Cl)c4C)CC3)nn(CC3CCCN3C)c2cc1OC. The second-order valence-corrected chi connectivity index (χ2v) is 10.5. The van der Waals surface area contributed by atoms with Crippen molar-refractivity contribution in [3.8, 4) is 11.5 Å². The van der Waals surface area contributed by atoms with E-state index in [2.05, 4.69) is 51.6 Å². The van der Waals surface area contributed by atoms with E-state index in [1.165, 1.54) is 29.5 Å². The van der Waals surface area contributed by atoms with E-state index in [-0.39, 0.29) is 0 Å². The van der Waals surface area contributed by atoms with E-state index in [1.54, 1.807) is 14.2 Å². The zero-order valence-corrected chi connectivity index (χ0v) is 22.7. The first-order chi connectivity index (χ1) is 17.5. The molecule has 8 heteroatoms. The number of hydrogen-bond donors (Lipinski definition) is 0. The summed E-state index contributed by atoms with van der Waals surface area (Å²) in [6, 6.07) is 10.9. The minimum atomic E-state index is 0.525. The molecule has 0 spiro atoms. The van der Waals surface area contributed by atoms with Crippen molar-refractivity contribution in [2.45, 2.75) is 38.8 Å². The smallest absolute Gasteiger partial charge is 0.162 e. The zero-order valence-electron chi connectivity index (χ0n) is 22.0. The highest BCUT2D eigenvalue weighted by Crippen LogP contribution is 2.35. The third-order valence-electron chi connectivity index (χ3n) is 8.00. The molecule has 1 atom stereocenters. The Kier molecular flexibility index (Phi) is 7.60. The first-order valence-corrected chi connectivity index (χ1v) is 13.4. The van der Waals surface area contributed by atoms with Gasteiger partial charge >= 0.3 is 0 Å². The van der Waals surface area contributed by atoms with Crippen LogP contribution in [0.3, 0.4) is 0 Å². The van der Waals surface area contributed by atoms with Crippen LogP contribution in [-0.4, -0.2) is 86.2 Å². The number of methoxy groups -OCH3 is 2. The molecule has 3 heterocycles. The van der Waals surface area contributed by atoms with Crippen LogP contribution in [-0.2, 0) is 13.0 Å². The number of piperazine rings is 1. The number of hydrogen-bond acceptors (Lipinski definition) is 6. The molecule has 0 radical (unpaired) electrons. The third kappa shape index (κ3) is 5.01. The third-order valence-corrected chi connectivity index (χ3v) is 8.41. The molecular formula is C28H38ClN5O2. The lowest BCUT2D eigenvalue weighted by atomic mass is 10.1. The van der Waals surface area contributed by atoms with E-state index < -0.39 is 0 Å². The number of likely N-dealkylation sites (N-methyl/N-ethyl adjacent to an activating group) is 1. The van der Waals surface area contributed by atoms with Gasteiger partial charge in [0, 0.05) is 67.3 Å². The Bertz CT molecular complexity index is 1200. The van der Waals surface area contributed by atoms with Gasteiger partial charge in [0.1, 0.15) is 0 Å². The number of likely N-dealkylation sites (tertiary alicyclic amines) is 1. The van der Waals surface area contributed by atoms with Crippen LogP contribution in [0.25, 0.3) is 10.9 Å². The van der Waals surface area contributed by atoms with Gasteiger partial charge in [-0.25, -0.2) is 0 Å². The van der Waals surface area contributed by atoms with Gasteiger partial charge in [-0.2, -0.15) is 5.10 Å². The van der Waals surface area contributed by atoms with Crippen molar-refractivity contribution in [3.05, 3.63) is 46.6 Å². The number of anilines is 1. The highest BCUT2D eigenvalue weighted by molar-refractivity contribution is 6.31. The summed E-state index contributed by atoms with van der Waals surface area (Å²) < 4.78 is 13.4. The largest absolute Gasteiger partial charge is 0.493 e. The fourth-order valence-electron chi connectivity index (χ4n) is 5.71. The Labute approximate surface area is 219 Å². The average Bonchev–Trinajstić information content (AvgIpc) is 3.46. The lowest BCUT2D eigenvalue weighted by Crippen LogP contribution is -2.47.